The highest BCUT2D eigenvalue weighted by Gasteiger charge is 2.23. The summed E-state index contributed by atoms with van der Waals surface area (Å²) in [5.41, 5.74) is 0.597. The molecular formula is C17H18N4O4. The Kier molecular flexibility index (Phi) is 4.78. The molecule has 0 N–H and O–H groups in total. The van der Waals surface area contributed by atoms with Crippen LogP contribution in [0.25, 0.3) is 0 Å². The molecule has 1 aromatic heterocycles. The Morgan fingerprint density at radius 1 is 1.12 bits per heavy atom. The van der Waals surface area contributed by atoms with Crippen molar-refractivity contribution in [3.05, 3.63) is 58.3 Å². The van der Waals surface area contributed by atoms with Gasteiger partial charge >= 0.3 is 0 Å². The molecule has 130 valence electrons. The van der Waals surface area contributed by atoms with Crippen LogP contribution in [0.2, 0.25) is 0 Å². The number of nitrogens with zero attached hydrogens (tertiary/aromatic N) is 4. The first-order chi connectivity index (χ1) is 12.1. The summed E-state index contributed by atoms with van der Waals surface area (Å²) in [6, 6.07) is 10.1. The molecule has 0 radical (unpaired) electrons. The Morgan fingerprint density at radius 2 is 1.80 bits per heavy atom. The van der Waals surface area contributed by atoms with E-state index in [4.69, 9.17) is 4.74 Å². The predicted molar refractivity (Wildman–Crippen MR) is 92.0 cm³/mol. The lowest BCUT2D eigenvalue weighted by Gasteiger charge is -2.35. The third kappa shape index (κ3) is 3.68. The molecular weight excluding hydrogens is 324 g/mol. The maximum Gasteiger partial charge on any atom is 0.287 e. The number of benzene rings is 1. The van der Waals surface area contributed by atoms with Crippen molar-refractivity contribution in [1.29, 1.82) is 0 Å². The first-order valence-corrected chi connectivity index (χ1v) is 7.87. The second-order valence-electron chi connectivity index (χ2n) is 5.64. The standard InChI is InChI=1S/C17H18N4O4/c1-25-15-5-2-13(3-6-15)17(22)20-10-8-19(9-11-20)16-7-4-14(12-18-16)21(23)24/h2-7,12H,8-11H2,1H3. The van der Waals surface area contributed by atoms with Gasteiger partial charge in [0.25, 0.3) is 11.6 Å². The molecule has 1 fully saturated rings. The Bertz CT molecular complexity index is 753. The molecule has 0 atom stereocenters. The zero-order chi connectivity index (χ0) is 17.8. The first kappa shape index (κ1) is 16.7. The lowest BCUT2D eigenvalue weighted by molar-refractivity contribution is -0.385. The molecule has 8 heteroatoms. The van der Waals surface area contributed by atoms with Crippen LogP contribution in [0.5, 0.6) is 5.75 Å². The Hall–Kier alpha value is -3.16. The number of carbonyl (C=O) groups excluding carboxylic acids is 1. The van der Waals surface area contributed by atoms with Crippen molar-refractivity contribution in [2.75, 3.05) is 38.2 Å². The molecule has 3 rings (SSSR count). The maximum absolute atomic E-state index is 12.5. The third-order valence-electron chi connectivity index (χ3n) is 4.17. The molecule has 25 heavy (non-hydrogen) atoms. The number of methoxy groups -OCH3 is 1. The number of rotatable bonds is 4. The van der Waals surface area contributed by atoms with E-state index >= 15 is 0 Å². The first-order valence-electron chi connectivity index (χ1n) is 7.87. The van der Waals surface area contributed by atoms with E-state index in [0.29, 0.717) is 43.3 Å². The Balaban J connectivity index is 1.60. The topological polar surface area (TPSA) is 88.8 Å². The average Bonchev–Trinajstić information content (AvgIpc) is 2.67. The van der Waals surface area contributed by atoms with Crippen molar-refractivity contribution in [2.24, 2.45) is 0 Å². The quantitative estimate of drug-likeness (QED) is 0.623. The van der Waals surface area contributed by atoms with Gasteiger partial charge in [-0.25, -0.2) is 4.98 Å². The lowest BCUT2D eigenvalue weighted by atomic mass is 10.1. The van der Waals surface area contributed by atoms with Gasteiger partial charge in [0, 0.05) is 37.8 Å². The van der Waals surface area contributed by atoms with Crippen molar-refractivity contribution in [3.63, 3.8) is 0 Å². The number of nitro groups is 1. The van der Waals surface area contributed by atoms with E-state index in [1.165, 1.54) is 12.3 Å². The highest BCUT2D eigenvalue weighted by molar-refractivity contribution is 5.94. The smallest absolute Gasteiger partial charge is 0.287 e. The fourth-order valence-corrected chi connectivity index (χ4v) is 2.73. The molecule has 0 spiro atoms. The molecule has 8 nitrogen and oxygen atoms in total. The molecule has 2 aromatic rings. The number of carbonyl (C=O) groups is 1. The maximum atomic E-state index is 12.5. The van der Waals surface area contributed by atoms with Gasteiger partial charge in [-0.1, -0.05) is 0 Å². The number of aromatic nitrogens is 1. The molecule has 0 aliphatic carbocycles. The fraction of sp³-hybridized carbons (Fsp3) is 0.294. The van der Waals surface area contributed by atoms with Crippen LogP contribution in [0.3, 0.4) is 0 Å². The van der Waals surface area contributed by atoms with Crippen LogP contribution in [0, 0.1) is 10.1 Å². The van der Waals surface area contributed by atoms with Crippen LogP contribution in [-0.4, -0.2) is 54.0 Å². The summed E-state index contributed by atoms with van der Waals surface area (Å²) >= 11 is 0. The highest BCUT2D eigenvalue weighted by atomic mass is 16.6. The van der Waals surface area contributed by atoms with Crippen LogP contribution >= 0.6 is 0 Å². The summed E-state index contributed by atoms with van der Waals surface area (Å²) < 4.78 is 5.10. The van der Waals surface area contributed by atoms with Crippen LogP contribution in [0.15, 0.2) is 42.6 Å². The molecule has 1 saturated heterocycles. The monoisotopic (exact) mass is 342 g/mol. The normalized spacial score (nSPS) is 14.3. The number of ether oxygens (including phenoxy) is 1. The van der Waals surface area contributed by atoms with Gasteiger partial charge in [0.15, 0.2) is 0 Å². The highest BCUT2D eigenvalue weighted by Crippen LogP contribution is 2.19. The van der Waals surface area contributed by atoms with Crippen molar-refractivity contribution >= 4 is 17.4 Å². The van der Waals surface area contributed by atoms with Crippen molar-refractivity contribution < 1.29 is 14.5 Å². The number of amides is 1. The van der Waals surface area contributed by atoms with E-state index in [1.807, 2.05) is 4.90 Å². The number of hydrogen-bond donors (Lipinski definition) is 0. The van der Waals surface area contributed by atoms with Crippen LogP contribution in [0.4, 0.5) is 11.5 Å². The molecule has 1 aliphatic heterocycles. The predicted octanol–water partition coefficient (Wildman–Crippen LogP) is 1.96. The molecule has 1 amide bonds. The summed E-state index contributed by atoms with van der Waals surface area (Å²) in [4.78, 5) is 30.7. The molecule has 0 unspecified atom stereocenters. The summed E-state index contributed by atoms with van der Waals surface area (Å²) in [6.45, 7) is 2.41. The minimum Gasteiger partial charge on any atom is -0.497 e. The number of piperazine rings is 1. The second kappa shape index (κ2) is 7.16. The lowest BCUT2D eigenvalue weighted by Crippen LogP contribution is -2.49. The zero-order valence-electron chi connectivity index (χ0n) is 13.8. The summed E-state index contributed by atoms with van der Waals surface area (Å²) in [5.74, 6) is 1.38. The Labute approximate surface area is 144 Å². The zero-order valence-corrected chi connectivity index (χ0v) is 13.8. The SMILES string of the molecule is COc1ccc(C(=O)N2CCN(c3ccc([N+](=O)[O-])cn3)CC2)cc1. The van der Waals surface area contributed by atoms with Gasteiger partial charge in [0.05, 0.1) is 12.0 Å². The summed E-state index contributed by atoms with van der Waals surface area (Å²) in [6.07, 6.45) is 1.25. The summed E-state index contributed by atoms with van der Waals surface area (Å²) in [7, 11) is 1.59. The second-order valence-corrected chi connectivity index (χ2v) is 5.64. The van der Waals surface area contributed by atoms with E-state index in [2.05, 4.69) is 4.98 Å². The van der Waals surface area contributed by atoms with E-state index in [0.717, 1.165) is 0 Å². The van der Waals surface area contributed by atoms with Gasteiger partial charge in [-0.15, -0.1) is 0 Å². The molecule has 1 aliphatic rings. The number of anilines is 1. The van der Waals surface area contributed by atoms with Gasteiger partial charge in [-0.3, -0.25) is 14.9 Å². The molecule has 0 saturated carbocycles. The van der Waals surface area contributed by atoms with Crippen LogP contribution < -0.4 is 9.64 Å². The van der Waals surface area contributed by atoms with E-state index in [1.54, 1.807) is 42.3 Å². The minimum atomic E-state index is -0.470. The molecule has 2 heterocycles. The van der Waals surface area contributed by atoms with Crippen molar-refractivity contribution in [2.45, 2.75) is 0 Å². The fourth-order valence-electron chi connectivity index (χ4n) is 2.73. The van der Waals surface area contributed by atoms with Crippen molar-refractivity contribution in [1.82, 2.24) is 9.88 Å². The molecule has 0 bridgehead atoms. The van der Waals surface area contributed by atoms with Gasteiger partial charge in [-0.05, 0) is 30.3 Å². The van der Waals surface area contributed by atoms with Gasteiger partial charge < -0.3 is 14.5 Å². The van der Waals surface area contributed by atoms with E-state index in [9.17, 15) is 14.9 Å². The van der Waals surface area contributed by atoms with E-state index in [-0.39, 0.29) is 11.6 Å². The van der Waals surface area contributed by atoms with Gasteiger partial charge in [0.1, 0.15) is 17.8 Å². The Morgan fingerprint density at radius 3 is 2.32 bits per heavy atom. The van der Waals surface area contributed by atoms with E-state index < -0.39 is 4.92 Å². The number of pyridine rings is 1. The minimum absolute atomic E-state index is 0.0149. The summed E-state index contributed by atoms with van der Waals surface area (Å²) in [5, 5.41) is 10.7. The molecule has 1 aromatic carbocycles. The number of hydrogen-bond acceptors (Lipinski definition) is 6. The van der Waals surface area contributed by atoms with Gasteiger partial charge in [-0.2, -0.15) is 0 Å². The van der Waals surface area contributed by atoms with Gasteiger partial charge in [0.2, 0.25) is 0 Å². The average molecular weight is 342 g/mol. The third-order valence-corrected chi connectivity index (χ3v) is 4.17. The van der Waals surface area contributed by atoms with Crippen LogP contribution in [-0.2, 0) is 0 Å². The van der Waals surface area contributed by atoms with Crippen LogP contribution in [0.1, 0.15) is 10.4 Å². The van der Waals surface area contributed by atoms with Crippen molar-refractivity contribution in [3.8, 4) is 5.75 Å². The largest absolute Gasteiger partial charge is 0.497 e.